The summed E-state index contributed by atoms with van der Waals surface area (Å²) in [4.78, 5) is 90.5. The molecule has 9 N–H and O–H groups in total. The third-order valence-electron chi connectivity index (χ3n) is 4.97. The number of phosphoric acid groups is 3. The lowest BCUT2D eigenvalue weighted by molar-refractivity contribution is -0.224. The summed E-state index contributed by atoms with van der Waals surface area (Å²) >= 11 is 0. The number of carbonyl (C=O) groups excluding carboxylic acids is 3. The Balaban J connectivity index is 2.10. The molecule has 1 saturated carbocycles. The van der Waals surface area contributed by atoms with E-state index in [4.69, 9.17) is 24.3 Å². The first-order valence-corrected chi connectivity index (χ1v) is 14.9. The Hall–Kier alpha value is -1.44. The van der Waals surface area contributed by atoms with Gasteiger partial charge < -0.3 is 49.6 Å². The van der Waals surface area contributed by atoms with Crippen LogP contribution in [-0.2, 0) is 46.4 Å². The van der Waals surface area contributed by atoms with Gasteiger partial charge in [0.15, 0.2) is 0 Å². The summed E-state index contributed by atoms with van der Waals surface area (Å²) in [6, 6.07) is 0. The highest BCUT2D eigenvalue weighted by Gasteiger charge is 2.57. The number of nitrogens with one attached hydrogen (secondary N) is 1. The summed E-state index contributed by atoms with van der Waals surface area (Å²) in [5.74, 6) is -1.90. The molecular weight excluding hydrogens is 589 g/mol. The Morgan fingerprint density at radius 3 is 1.61 bits per heavy atom. The first-order valence-electron chi connectivity index (χ1n) is 10.3. The van der Waals surface area contributed by atoms with Crippen LogP contribution in [0.2, 0.25) is 0 Å². The Labute approximate surface area is 212 Å². The second-order valence-electron chi connectivity index (χ2n) is 7.76. The fourth-order valence-electron chi connectivity index (χ4n) is 3.53. The van der Waals surface area contributed by atoms with E-state index in [1.807, 2.05) is 0 Å². The third kappa shape index (κ3) is 9.95. The van der Waals surface area contributed by atoms with Gasteiger partial charge >= 0.3 is 23.5 Å². The lowest BCUT2D eigenvalue weighted by atomic mass is 9.85. The number of phosphoric ester groups is 3. The molecule has 218 valence electrons. The molecule has 23 heteroatoms. The molecule has 0 aromatic rings. The van der Waals surface area contributed by atoms with E-state index in [1.165, 1.54) is 0 Å². The first-order chi connectivity index (χ1) is 17.3. The number of nitrogens with zero attached hydrogens (tertiary/aromatic N) is 1. The Morgan fingerprint density at radius 2 is 1.18 bits per heavy atom. The van der Waals surface area contributed by atoms with E-state index in [9.17, 15) is 48.1 Å². The molecule has 1 heterocycles. The van der Waals surface area contributed by atoms with Gasteiger partial charge in [0.25, 0.3) is 11.8 Å². The van der Waals surface area contributed by atoms with Crippen LogP contribution in [0, 0.1) is 0 Å². The Morgan fingerprint density at radius 1 is 0.789 bits per heavy atom. The highest BCUT2D eigenvalue weighted by Crippen LogP contribution is 2.49. The second-order valence-corrected chi connectivity index (χ2v) is 11.3. The summed E-state index contributed by atoms with van der Waals surface area (Å²) in [7, 11) is -16.6. The van der Waals surface area contributed by atoms with Crippen LogP contribution in [0.1, 0.15) is 6.42 Å². The molecule has 2 aliphatic rings. The molecule has 3 amide bonds. The predicted molar refractivity (Wildman–Crippen MR) is 116 cm³/mol. The van der Waals surface area contributed by atoms with Gasteiger partial charge in [-0.1, -0.05) is 0 Å². The fraction of sp³-hybridized carbons (Fsp3) is 0.667. The SMILES string of the molecule is O=C(CCN1C(=O)C=CC1=O)NCCOC1C(O)C(OP(=O)(O)O)C(OP(=O)(O)O)C(O)C1OP(=O)(O)O. The maximum Gasteiger partial charge on any atom is 0.470 e. The van der Waals surface area contributed by atoms with Crippen molar-refractivity contribution in [3.8, 4) is 0 Å². The van der Waals surface area contributed by atoms with Crippen LogP contribution in [0.3, 0.4) is 0 Å². The molecule has 1 fully saturated rings. The van der Waals surface area contributed by atoms with Crippen molar-refractivity contribution < 1.29 is 86.0 Å². The molecule has 0 aromatic heterocycles. The van der Waals surface area contributed by atoms with E-state index in [1.54, 1.807) is 0 Å². The van der Waals surface area contributed by atoms with Crippen LogP contribution in [0.4, 0.5) is 0 Å². The molecule has 0 aromatic carbocycles. The smallest absolute Gasteiger partial charge is 0.387 e. The summed E-state index contributed by atoms with van der Waals surface area (Å²) in [5.41, 5.74) is 0. The van der Waals surface area contributed by atoms with Gasteiger partial charge in [-0.15, -0.1) is 0 Å². The molecule has 38 heavy (non-hydrogen) atoms. The highest BCUT2D eigenvalue weighted by atomic mass is 31.2. The number of hydrogen-bond donors (Lipinski definition) is 9. The van der Waals surface area contributed by atoms with E-state index in [0.717, 1.165) is 17.1 Å². The van der Waals surface area contributed by atoms with Gasteiger partial charge in [-0.25, -0.2) is 13.7 Å². The Kier molecular flexibility index (Phi) is 11.1. The number of hydrogen-bond acceptors (Lipinski definition) is 12. The van der Waals surface area contributed by atoms with E-state index in [2.05, 4.69) is 18.9 Å². The zero-order valence-corrected chi connectivity index (χ0v) is 21.6. The lowest BCUT2D eigenvalue weighted by Gasteiger charge is -2.46. The van der Waals surface area contributed by atoms with Crippen molar-refractivity contribution in [3.63, 3.8) is 0 Å². The molecule has 0 bridgehead atoms. The van der Waals surface area contributed by atoms with Crippen molar-refractivity contribution in [1.29, 1.82) is 0 Å². The topological polar surface area (TPSA) is 316 Å². The van der Waals surface area contributed by atoms with Crippen molar-refractivity contribution in [2.24, 2.45) is 0 Å². The number of imide groups is 1. The first kappa shape index (κ1) is 32.8. The van der Waals surface area contributed by atoms with E-state index in [0.29, 0.717) is 0 Å². The molecule has 1 aliphatic heterocycles. The van der Waals surface area contributed by atoms with Crippen LogP contribution in [0.15, 0.2) is 12.2 Å². The number of carbonyl (C=O) groups is 3. The normalized spacial score (nSPS) is 28.7. The minimum absolute atomic E-state index is 0.245. The summed E-state index contributed by atoms with van der Waals surface area (Å²) < 4.78 is 52.2. The maximum absolute atomic E-state index is 12.0. The molecular formula is C15H25N2O18P3. The Bertz CT molecular complexity index is 1050. The molecule has 20 nitrogen and oxygen atoms in total. The average Bonchev–Trinajstić information content (AvgIpc) is 3.06. The van der Waals surface area contributed by atoms with Gasteiger partial charge in [-0.05, 0) is 0 Å². The summed E-state index contributed by atoms with van der Waals surface area (Å²) in [6.07, 6.45) is -12.4. The van der Waals surface area contributed by atoms with Crippen molar-refractivity contribution in [2.75, 3.05) is 19.7 Å². The van der Waals surface area contributed by atoms with Crippen LogP contribution in [0.5, 0.6) is 0 Å². The fourth-order valence-corrected chi connectivity index (χ4v) is 5.21. The van der Waals surface area contributed by atoms with Crippen molar-refractivity contribution in [1.82, 2.24) is 10.2 Å². The minimum Gasteiger partial charge on any atom is -0.387 e. The zero-order valence-electron chi connectivity index (χ0n) is 18.9. The largest absolute Gasteiger partial charge is 0.470 e. The third-order valence-corrected chi connectivity index (χ3v) is 6.52. The minimum atomic E-state index is -5.55. The summed E-state index contributed by atoms with van der Waals surface area (Å²) in [6.45, 7) is -1.20. The number of ether oxygens (including phenoxy) is 1. The van der Waals surface area contributed by atoms with Crippen LogP contribution < -0.4 is 5.32 Å². The van der Waals surface area contributed by atoms with Crippen molar-refractivity contribution in [2.45, 2.75) is 43.0 Å². The van der Waals surface area contributed by atoms with Crippen LogP contribution >= 0.6 is 23.5 Å². The van der Waals surface area contributed by atoms with Crippen molar-refractivity contribution in [3.05, 3.63) is 12.2 Å². The van der Waals surface area contributed by atoms with E-state index >= 15 is 0 Å². The summed E-state index contributed by atoms with van der Waals surface area (Å²) in [5, 5.41) is 23.4. The maximum atomic E-state index is 12.0. The molecule has 0 spiro atoms. The van der Waals surface area contributed by atoms with Gasteiger partial charge in [-0.3, -0.25) is 32.9 Å². The average molecular weight is 614 g/mol. The van der Waals surface area contributed by atoms with Gasteiger partial charge in [0, 0.05) is 31.7 Å². The monoisotopic (exact) mass is 614 g/mol. The predicted octanol–water partition coefficient (Wildman–Crippen LogP) is -4.03. The molecule has 2 rings (SSSR count). The van der Waals surface area contributed by atoms with E-state index in [-0.39, 0.29) is 19.5 Å². The van der Waals surface area contributed by atoms with Gasteiger partial charge in [0.05, 0.1) is 6.61 Å². The standard InChI is InChI=1S/C15H25N2O18P3/c18-7(3-5-17-8(19)1-2-9(17)20)16-4-6-32-12-10(21)14(34-37(26,27)28)15(35-38(29,30)31)11(22)13(12)33-36(23,24)25/h1-2,10-15,21-22H,3-6H2,(H,16,18)(H2,23,24,25)(H2,26,27,28)(H2,29,30,31). The molecule has 0 saturated heterocycles. The van der Waals surface area contributed by atoms with Crippen LogP contribution in [0.25, 0.3) is 0 Å². The molecule has 6 atom stereocenters. The zero-order chi connectivity index (χ0) is 29.1. The van der Waals surface area contributed by atoms with Crippen LogP contribution in [-0.4, -0.2) is 119 Å². The number of aliphatic hydroxyl groups excluding tert-OH is 2. The number of amides is 3. The van der Waals surface area contributed by atoms with Gasteiger partial charge in [-0.2, -0.15) is 0 Å². The number of aliphatic hydroxyl groups is 2. The quantitative estimate of drug-likeness (QED) is 0.0542. The lowest BCUT2D eigenvalue weighted by Crippen LogP contribution is -2.65. The molecule has 0 radical (unpaired) electrons. The number of rotatable bonds is 13. The van der Waals surface area contributed by atoms with Gasteiger partial charge in [0.1, 0.15) is 36.6 Å². The van der Waals surface area contributed by atoms with E-state index < -0.39 is 84.4 Å². The second kappa shape index (κ2) is 12.8. The molecule has 6 unspecified atom stereocenters. The molecule has 1 aliphatic carbocycles. The van der Waals surface area contributed by atoms with Gasteiger partial charge in [0.2, 0.25) is 5.91 Å². The highest BCUT2D eigenvalue weighted by molar-refractivity contribution is 7.46. The van der Waals surface area contributed by atoms with Crippen molar-refractivity contribution >= 4 is 41.2 Å².